The van der Waals surface area contributed by atoms with Gasteiger partial charge in [-0.2, -0.15) is 13.5 Å². The molecule has 1 saturated carbocycles. The number of hydrogen-bond donors (Lipinski definition) is 1. The van der Waals surface area contributed by atoms with Gasteiger partial charge in [0.15, 0.2) is 0 Å². The normalized spacial score (nSPS) is 18.9. The second kappa shape index (κ2) is 5.24. The zero-order valence-corrected chi connectivity index (χ0v) is 11.0. The Hall–Kier alpha value is -1.50. The van der Waals surface area contributed by atoms with Gasteiger partial charge in [0.25, 0.3) is 10.0 Å². The van der Waals surface area contributed by atoms with Gasteiger partial charge in [0.05, 0.1) is 4.90 Å². The summed E-state index contributed by atoms with van der Waals surface area (Å²) in [5.41, 5.74) is 0.463. The molecule has 1 aliphatic rings. The minimum atomic E-state index is -3.71. The highest BCUT2D eigenvalue weighted by molar-refractivity contribution is 7.89. The average Bonchev–Trinajstić information content (AvgIpc) is 2.39. The van der Waals surface area contributed by atoms with E-state index < -0.39 is 15.9 Å². The van der Waals surface area contributed by atoms with E-state index in [0.717, 1.165) is 0 Å². The van der Waals surface area contributed by atoms with Crippen molar-refractivity contribution >= 4 is 15.7 Å². The topological polar surface area (TPSA) is 58.5 Å². The smallest absolute Gasteiger partial charge is 0.207 e. The van der Waals surface area contributed by atoms with E-state index in [2.05, 4.69) is 9.93 Å². The van der Waals surface area contributed by atoms with E-state index >= 15 is 0 Å². The SMILES string of the molecule is O=S(=O)(NN=C1CCC(F)(F)CC1)c1ccccc1. The maximum absolute atomic E-state index is 12.9. The van der Waals surface area contributed by atoms with Crippen LogP contribution in [0, 0.1) is 0 Å². The van der Waals surface area contributed by atoms with Crippen LogP contribution in [-0.4, -0.2) is 20.1 Å². The lowest BCUT2D eigenvalue weighted by Gasteiger charge is -2.22. The molecule has 0 radical (unpaired) electrons. The fourth-order valence-corrected chi connectivity index (χ4v) is 2.66. The van der Waals surface area contributed by atoms with Gasteiger partial charge in [-0.3, -0.25) is 0 Å². The molecule has 0 unspecified atom stereocenters. The summed E-state index contributed by atoms with van der Waals surface area (Å²) >= 11 is 0. The Morgan fingerprint density at radius 2 is 1.68 bits per heavy atom. The maximum atomic E-state index is 12.9. The Bertz CT molecular complexity index is 559. The summed E-state index contributed by atoms with van der Waals surface area (Å²) < 4.78 is 49.5. The first kappa shape index (κ1) is 13.9. The molecule has 7 heteroatoms. The molecular weight excluding hydrogens is 274 g/mol. The van der Waals surface area contributed by atoms with Gasteiger partial charge in [-0.15, -0.1) is 0 Å². The highest BCUT2D eigenvalue weighted by atomic mass is 32.2. The number of hydrazone groups is 1. The molecule has 0 aromatic heterocycles. The molecule has 1 N–H and O–H groups in total. The van der Waals surface area contributed by atoms with E-state index in [1.54, 1.807) is 18.2 Å². The summed E-state index contributed by atoms with van der Waals surface area (Å²) in [7, 11) is -3.71. The third kappa shape index (κ3) is 3.73. The van der Waals surface area contributed by atoms with Crippen molar-refractivity contribution in [1.29, 1.82) is 0 Å². The van der Waals surface area contributed by atoms with Crippen LogP contribution < -0.4 is 4.83 Å². The lowest BCUT2D eigenvalue weighted by molar-refractivity contribution is -0.0181. The Labute approximate surface area is 110 Å². The van der Waals surface area contributed by atoms with Crippen molar-refractivity contribution < 1.29 is 17.2 Å². The van der Waals surface area contributed by atoms with E-state index in [1.165, 1.54) is 12.1 Å². The molecule has 1 aromatic rings. The van der Waals surface area contributed by atoms with Gasteiger partial charge in [-0.25, -0.2) is 13.6 Å². The van der Waals surface area contributed by atoms with Crippen molar-refractivity contribution in [2.75, 3.05) is 0 Å². The first-order valence-electron chi connectivity index (χ1n) is 5.89. The Morgan fingerprint density at radius 3 is 2.26 bits per heavy atom. The first-order chi connectivity index (χ1) is 8.89. The van der Waals surface area contributed by atoms with Crippen LogP contribution in [0.1, 0.15) is 25.7 Å². The van der Waals surface area contributed by atoms with Crippen LogP contribution in [0.4, 0.5) is 8.78 Å². The van der Waals surface area contributed by atoms with Gasteiger partial charge in [-0.1, -0.05) is 18.2 Å². The number of nitrogens with zero attached hydrogens (tertiary/aromatic N) is 1. The molecule has 0 saturated heterocycles. The quantitative estimate of drug-likeness (QED) is 0.869. The molecule has 1 aromatic carbocycles. The van der Waals surface area contributed by atoms with Crippen molar-refractivity contribution in [3.8, 4) is 0 Å². The van der Waals surface area contributed by atoms with Crippen LogP contribution in [0.25, 0.3) is 0 Å². The van der Waals surface area contributed by atoms with Crippen LogP contribution in [0.2, 0.25) is 0 Å². The molecule has 104 valence electrons. The summed E-state index contributed by atoms with van der Waals surface area (Å²) in [6, 6.07) is 7.79. The molecule has 2 rings (SSSR count). The van der Waals surface area contributed by atoms with Crippen molar-refractivity contribution in [1.82, 2.24) is 4.83 Å². The van der Waals surface area contributed by atoms with Crippen molar-refractivity contribution in [2.45, 2.75) is 36.5 Å². The van der Waals surface area contributed by atoms with E-state index in [9.17, 15) is 17.2 Å². The van der Waals surface area contributed by atoms with Gasteiger partial charge in [0, 0.05) is 18.6 Å². The molecular formula is C12H14F2N2O2S. The van der Waals surface area contributed by atoms with Crippen LogP contribution in [-0.2, 0) is 10.0 Å². The van der Waals surface area contributed by atoms with Crippen molar-refractivity contribution in [3.05, 3.63) is 30.3 Å². The van der Waals surface area contributed by atoms with Gasteiger partial charge >= 0.3 is 0 Å². The van der Waals surface area contributed by atoms with E-state index in [1.807, 2.05) is 0 Å². The monoisotopic (exact) mass is 288 g/mol. The molecule has 0 heterocycles. The molecule has 0 spiro atoms. The molecule has 4 nitrogen and oxygen atoms in total. The third-order valence-electron chi connectivity index (χ3n) is 2.94. The predicted octanol–water partition coefficient (Wildman–Crippen LogP) is 2.53. The first-order valence-corrected chi connectivity index (χ1v) is 7.37. The Kier molecular flexibility index (Phi) is 3.84. The van der Waals surface area contributed by atoms with Crippen LogP contribution in [0.3, 0.4) is 0 Å². The molecule has 0 amide bonds. The minimum absolute atomic E-state index is 0.0977. The largest absolute Gasteiger partial charge is 0.276 e. The van der Waals surface area contributed by atoms with E-state index in [-0.39, 0.29) is 30.6 Å². The lowest BCUT2D eigenvalue weighted by Crippen LogP contribution is -2.27. The fourth-order valence-electron chi connectivity index (χ4n) is 1.79. The number of nitrogens with one attached hydrogen (secondary N) is 1. The molecule has 1 aliphatic carbocycles. The Morgan fingerprint density at radius 1 is 1.11 bits per heavy atom. The summed E-state index contributed by atoms with van der Waals surface area (Å²) in [5.74, 6) is -2.66. The standard InChI is InChI=1S/C12H14F2N2O2S/c13-12(14)8-6-10(7-9-12)15-16-19(17,18)11-4-2-1-3-5-11/h1-5,16H,6-9H2. The van der Waals surface area contributed by atoms with Crippen molar-refractivity contribution in [2.24, 2.45) is 5.10 Å². The number of hydrogen-bond acceptors (Lipinski definition) is 3. The third-order valence-corrected chi connectivity index (χ3v) is 4.16. The highest BCUT2D eigenvalue weighted by Gasteiger charge is 2.33. The van der Waals surface area contributed by atoms with E-state index in [4.69, 9.17) is 0 Å². The highest BCUT2D eigenvalue weighted by Crippen LogP contribution is 2.31. The molecule has 0 atom stereocenters. The number of benzene rings is 1. The number of rotatable bonds is 3. The summed E-state index contributed by atoms with van der Waals surface area (Å²) in [4.78, 5) is 2.19. The minimum Gasteiger partial charge on any atom is -0.207 e. The fraction of sp³-hybridized carbons (Fsp3) is 0.417. The van der Waals surface area contributed by atoms with E-state index in [0.29, 0.717) is 5.71 Å². The van der Waals surface area contributed by atoms with Gasteiger partial charge < -0.3 is 0 Å². The van der Waals surface area contributed by atoms with Gasteiger partial charge in [0.2, 0.25) is 5.92 Å². The summed E-state index contributed by atoms with van der Waals surface area (Å²) in [6.07, 6.45) is -0.327. The van der Waals surface area contributed by atoms with Gasteiger partial charge in [0.1, 0.15) is 0 Å². The zero-order valence-electron chi connectivity index (χ0n) is 10.1. The average molecular weight is 288 g/mol. The number of sulfonamides is 1. The van der Waals surface area contributed by atoms with Crippen LogP contribution in [0.15, 0.2) is 40.3 Å². The van der Waals surface area contributed by atoms with Crippen molar-refractivity contribution in [3.63, 3.8) is 0 Å². The lowest BCUT2D eigenvalue weighted by atomic mass is 9.95. The maximum Gasteiger partial charge on any atom is 0.276 e. The second-order valence-corrected chi connectivity index (χ2v) is 6.10. The molecule has 19 heavy (non-hydrogen) atoms. The predicted molar refractivity (Wildman–Crippen MR) is 67.6 cm³/mol. The second-order valence-electron chi connectivity index (χ2n) is 4.44. The number of halogens is 2. The van der Waals surface area contributed by atoms with Crippen LogP contribution >= 0.6 is 0 Å². The molecule has 1 fully saturated rings. The zero-order chi connectivity index (χ0) is 13.9. The molecule has 0 bridgehead atoms. The summed E-state index contributed by atoms with van der Waals surface area (Å²) in [6.45, 7) is 0. The van der Waals surface area contributed by atoms with Crippen LogP contribution in [0.5, 0.6) is 0 Å². The molecule has 0 aliphatic heterocycles. The number of alkyl halides is 2. The summed E-state index contributed by atoms with van der Waals surface area (Å²) in [5, 5.41) is 3.74. The van der Waals surface area contributed by atoms with Gasteiger partial charge in [-0.05, 0) is 25.0 Å². The Balaban J connectivity index is 2.03.